The van der Waals surface area contributed by atoms with Crippen molar-refractivity contribution in [2.45, 2.75) is 38.8 Å². The molecule has 0 bridgehead atoms. The van der Waals surface area contributed by atoms with Crippen molar-refractivity contribution >= 4 is 23.8 Å². The number of hydrogen-bond donors (Lipinski definition) is 1. The van der Waals surface area contributed by atoms with Gasteiger partial charge in [0.2, 0.25) is 12.1 Å². The van der Waals surface area contributed by atoms with Gasteiger partial charge in [0.25, 0.3) is 5.91 Å². The summed E-state index contributed by atoms with van der Waals surface area (Å²) in [6.45, 7) is 3.24. The van der Waals surface area contributed by atoms with Crippen LogP contribution >= 0.6 is 0 Å². The number of amides is 2. The van der Waals surface area contributed by atoms with Crippen molar-refractivity contribution in [1.29, 1.82) is 0 Å². The van der Waals surface area contributed by atoms with Crippen molar-refractivity contribution in [2.75, 3.05) is 7.11 Å². The molecule has 1 N–H and O–H groups in total. The Kier molecular flexibility index (Phi) is 5.19. The van der Waals surface area contributed by atoms with Crippen molar-refractivity contribution in [3.63, 3.8) is 0 Å². The van der Waals surface area contributed by atoms with Crippen LogP contribution in [0, 0.1) is 0 Å². The molecule has 3 atom stereocenters. The second-order valence-corrected chi connectivity index (χ2v) is 6.67. The number of benzene rings is 1. The topological polar surface area (TPSA) is 113 Å². The number of aliphatic carboxylic acids is 1. The third-order valence-corrected chi connectivity index (χ3v) is 4.63. The highest BCUT2D eigenvalue weighted by Crippen LogP contribution is 2.39. The second-order valence-electron chi connectivity index (χ2n) is 6.67. The normalized spacial score (nSPS) is 23.0. The van der Waals surface area contributed by atoms with Gasteiger partial charge < -0.3 is 14.6 Å². The first-order valence-corrected chi connectivity index (χ1v) is 8.60. The number of methoxy groups -OCH3 is 1. The molecule has 2 aliphatic rings. The van der Waals surface area contributed by atoms with Crippen LogP contribution in [-0.4, -0.2) is 64.3 Å². The molecule has 3 rings (SSSR count). The van der Waals surface area contributed by atoms with E-state index in [1.54, 1.807) is 44.2 Å². The van der Waals surface area contributed by atoms with Crippen LogP contribution in [0.2, 0.25) is 0 Å². The number of carbonyl (C=O) groups excluding carboxylic acids is 3. The Morgan fingerprint density at radius 2 is 1.82 bits per heavy atom. The van der Waals surface area contributed by atoms with E-state index >= 15 is 0 Å². The van der Waals surface area contributed by atoms with Gasteiger partial charge in [0.1, 0.15) is 5.70 Å². The minimum Gasteiger partial charge on any atom is -0.478 e. The number of likely N-dealkylation sites (tertiary alicyclic amines) is 1. The molecule has 1 aromatic carbocycles. The summed E-state index contributed by atoms with van der Waals surface area (Å²) in [6.07, 6.45) is -2.75. The van der Waals surface area contributed by atoms with Crippen LogP contribution in [0.15, 0.2) is 41.6 Å². The Bertz CT molecular complexity index is 860. The quantitative estimate of drug-likeness (QED) is 0.444. The molecule has 9 heteroatoms. The zero-order chi connectivity index (χ0) is 20.6. The van der Waals surface area contributed by atoms with Gasteiger partial charge in [-0.2, -0.15) is 0 Å². The van der Waals surface area contributed by atoms with E-state index in [1.807, 2.05) is 0 Å². The van der Waals surface area contributed by atoms with Gasteiger partial charge in [-0.05, 0) is 25.0 Å². The van der Waals surface area contributed by atoms with Gasteiger partial charge in [-0.1, -0.05) is 30.3 Å². The number of carboxylic acid groups (broad SMARTS) is 1. The first-order valence-electron chi connectivity index (χ1n) is 8.60. The molecule has 0 aromatic heterocycles. The number of carboxylic acids is 1. The number of esters is 1. The van der Waals surface area contributed by atoms with E-state index in [2.05, 4.69) is 0 Å². The van der Waals surface area contributed by atoms with Crippen molar-refractivity contribution in [1.82, 2.24) is 9.80 Å². The number of hydrogen-bond acceptors (Lipinski definition) is 6. The predicted octanol–water partition coefficient (Wildman–Crippen LogP) is 0.502. The lowest BCUT2D eigenvalue weighted by Crippen LogP contribution is -2.68. The number of allylic oxidation sites excluding steroid dienone is 1. The summed E-state index contributed by atoms with van der Waals surface area (Å²) >= 11 is 0. The lowest BCUT2D eigenvalue weighted by molar-refractivity contribution is -0.173. The number of fused-ring (bicyclic) bond motifs is 1. The van der Waals surface area contributed by atoms with E-state index in [9.17, 15) is 24.3 Å². The van der Waals surface area contributed by atoms with Crippen molar-refractivity contribution in [3.8, 4) is 0 Å². The number of β-lactam (4-membered cyclic amide) rings is 1. The molecule has 0 spiro atoms. The molecule has 2 amide bonds. The highest BCUT2D eigenvalue weighted by molar-refractivity contribution is 6.02. The molecule has 9 nitrogen and oxygen atoms in total. The highest BCUT2D eigenvalue weighted by Gasteiger charge is 2.64. The van der Waals surface area contributed by atoms with Crippen LogP contribution in [0.5, 0.6) is 0 Å². The van der Waals surface area contributed by atoms with Gasteiger partial charge in [0.15, 0.2) is 12.3 Å². The van der Waals surface area contributed by atoms with Gasteiger partial charge in [0, 0.05) is 0 Å². The third-order valence-electron chi connectivity index (χ3n) is 4.63. The van der Waals surface area contributed by atoms with E-state index in [1.165, 1.54) is 7.11 Å². The fourth-order valence-electron chi connectivity index (χ4n) is 3.39. The van der Waals surface area contributed by atoms with Gasteiger partial charge in [-0.25, -0.2) is 9.59 Å². The Balaban J connectivity index is 1.89. The summed E-state index contributed by atoms with van der Waals surface area (Å²) in [5.74, 6) is -3.26. The summed E-state index contributed by atoms with van der Waals surface area (Å²) < 4.78 is 10.2. The summed E-state index contributed by atoms with van der Waals surface area (Å²) in [4.78, 5) is 51.2. The van der Waals surface area contributed by atoms with Gasteiger partial charge in [-0.3, -0.25) is 19.4 Å². The standard InChI is InChI=1S/C19H20N2O7/c1-10(2)13(19(26)27-3)21-15(23)14-16(21)28-17(18(24)25)20(14)12(22)9-11-7-5-4-6-8-11/h4-8,14,16-17H,9H2,1-3H3,(H,24,25). The molecular formula is C19H20N2O7. The van der Waals surface area contributed by atoms with Gasteiger partial charge in [0.05, 0.1) is 13.5 Å². The number of rotatable bonds is 5. The predicted molar refractivity (Wildman–Crippen MR) is 94.3 cm³/mol. The molecule has 1 aromatic rings. The lowest BCUT2D eigenvalue weighted by Gasteiger charge is -2.43. The Morgan fingerprint density at radius 1 is 1.18 bits per heavy atom. The monoisotopic (exact) mass is 388 g/mol. The lowest BCUT2D eigenvalue weighted by atomic mass is 10.00. The van der Waals surface area contributed by atoms with Gasteiger partial charge >= 0.3 is 11.9 Å². The van der Waals surface area contributed by atoms with Crippen LogP contribution in [0.1, 0.15) is 19.4 Å². The molecule has 148 valence electrons. The maximum Gasteiger partial charge on any atom is 0.354 e. The second kappa shape index (κ2) is 7.43. The van der Waals surface area contributed by atoms with E-state index in [4.69, 9.17) is 9.47 Å². The van der Waals surface area contributed by atoms with E-state index < -0.39 is 42.3 Å². The van der Waals surface area contributed by atoms with Crippen molar-refractivity contribution < 1.29 is 33.8 Å². The molecule has 2 aliphatic heterocycles. The molecule has 3 unspecified atom stereocenters. The molecule has 0 saturated carbocycles. The SMILES string of the molecule is COC(=O)C(=C(C)C)N1C(=O)C2C1OC(C(=O)O)N2C(=O)Cc1ccccc1. The fraction of sp³-hybridized carbons (Fsp3) is 0.368. The molecule has 2 saturated heterocycles. The molecule has 2 fully saturated rings. The first-order chi connectivity index (χ1) is 13.3. The highest BCUT2D eigenvalue weighted by atomic mass is 16.6. The molecule has 2 heterocycles. The third kappa shape index (κ3) is 3.13. The van der Waals surface area contributed by atoms with Gasteiger partial charge in [-0.15, -0.1) is 0 Å². The van der Waals surface area contributed by atoms with Crippen LogP contribution in [-0.2, 0) is 35.1 Å². The van der Waals surface area contributed by atoms with Crippen LogP contribution < -0.4 is 0 Å². The molecule has 0 radical (unpaired) electrons. The fourth-order valence-corrected chi connectivity index (χ4v) is 3.39. The van der Waals surface area contributed by atoms with E-state index in [0.717, 1.165) is 9.80 Å². The summed E-state index contributed by atoms with van der Waals surface area (Å²) in [5.41, 5.74) is 1.17. The maximum absolute atomic E-state index is 12.8. The zero-order valence-electron chi connectivity index (χ0n) is 15.6. The smallest absolute Gasteiger partial charge is 0.354 e. The molecular weight excluding hydrogens is 368 g/mol. The maximum atomic E-state index is 12.8. The Morgan fingerprint density at radius 3 is 2.36 bits per heavy atom. The molecule has 0 aliphatic carbocycles. The zero-order valence-corrected chi connectivity index (χ0v) is 15.6. The van der Waals surface area contributed by atoms with E-state index in [0.29, 0.717) is 11.1 Å². The Hall–Kier alpha value is -3.20. The van der Waals surface area contributed by atoms with E-state index in [-0.39, 0.29) is 12.1 Å². The van der Waals surface area contributed by atoms with Crippen LogP contribution in [0.4, 0.5) is 0 Å². The Labute approximate surface area is 161 Å². The summed E-state index contributed by atoms with van der Waals surface area (Å²) in [5, 5.41) is 9.49. The minimum atomic E-state index is -1.61. The first kappa shape index (κ1) is 19.6. The summed E-state index contributed by atoms with van der Waals surface area (Å²) in [6, 6.07) is 7.67. The molecule has 28 heavy (non-hydrogen) atoms. The average molecular weight is 388 g/mol. The van der Waals surface area contributed by atoms with Crippen molar-refractivity contribution in [3.05, 3.63) is 47.2 Å². The number of carbonyl (C=O) groups is 4. The average Bonchev–Trinajstić information content (AvgIpc) is 3.02. The largest absolute Gasteiger partial charge is 0.478 e. The summed E-state index contributed by atoms with van der Waals surface area (Å²) in [7, 11) is 1.18. The van der Waals surface area contributed by atoms with Crippen LogP contribution in [0.25, 0.3) is 0 Å². The van der Waals surface area contributed by atoms with Crippen LogP contribution in [0.3, 0.4) is 0 Å². The number of nitrogens with zero attached hydrogens (tertiary/aromatic N) is 2. The van der Waals surface area contributed by atoms with Crippen molar-refractivity contribution in [2.24, 2.45) is 0 Å². The minimum absolute atomic E-state index is 0.0183. The number of ether oxygens (including phenoxy) is 2.